The molecule has 2 heterocycles. The van der Waals surface area contributed by atoms with E-state index in [9.17, 15) is 9.90 Å². The molecule has 0 bridgehead atoms. The number of furan rings is 1. The summed E-state index contributed by atoms with van der Waals surface area (Å²) in [4.78, 5) is 19.3. The van der Waals surface area contributed by atoms with Crippen LogP contribution in [0.15, 0.2) is 71.3 Å². The standard InChI is InChI=1S/C27H33N3O3/c1-3-29(4-2)27(32)21-10-12-22(13-11-21)30(24-7-5-8-25(31)19-24)23-14-16-28(17-15-23)20-26-9-6-18-33-26/h5-13,18-19,23,31H,3-4,14-17,20H2,1-2H3. The summed E-state index contributed by atoms with van der Waals surface area (Å²) in [7, 11) is 0. The SMILES string of the molecule is CCN(CC)C(=O)c1ccc(N(c2cccc(O)c2)C2CCN(Cc3ccco3)CC2)cc1. The van der Waals surface area contributed by atoms with Gasteiger partial charge in [0.05, 0.1) is 12.8 Å². The number of carbonyl (C=O) groups excluding carboxylic acids is 1. The Morgan fingerprint density at radius 3 is 2.33 bits per heavy atom. The van der Waals surface area contributed by atoms with Gasteiger partial charge in [0.1, 0.15) is 11.5 Å². The molecule has 0 unspecified atom stereocenters. The maximum atomic E-state index is 12.7. The third-order valence-corrected chi connectivity index (χ3v) is 6.43. The Balaban J connectivity index is 1.54. The zero-order chi connectivity index (χ0) is 23.2. The number of hydrogen-bond acceptors (Lipinski definition) is 5. The van der Waals surface area contributed by atoms with Crippen molar-refractivity contribution in [3.63, 3.8) is 0 Å². The second kappa shape index (κ2) is 10.6. The summed E-state index contributed by atoms with van der Waals surface area (Å²) >= 11 is 0. The molecule has 3 aromatic rings. The fraction of sp³-hybridized carbons (Fsp3) is 0.370. The van der Waals surface area contributed by atoms with Crippen molar-refractivity contribution in [2.24, 2.45) is 0 Å². The minimum atomic E-state index is 0.0571. The fourth-order valence-electron chi connectivity index (χ4n) is 4.63. The normalized spacial score (nSPS) is 14.8. The van der Waals surface area contributed by atoms with Crippen LogP contribution in [0.4, 0.5) is 11.4 Å². The van der Waals surface area contributed by atoms with Gasteiger partial charge >= 0.3 is 0 Å². The largest absolute Gasteiger partial charge is 0.508 e. The summed E-state index contributed by atoms with van der Waals surface area (Å²) in [5.74, 6) is 1.30. The number of likely N-dealkylation sites (tertiary alicyclic amines) is 1. The molecule has 0 radical (unpaired) electrons. The molecule has 2 aromatic carbocycles. The number of piperidine rings is 1. The van der Waals surface area contributed by atoms with Gasteiger partial charge in [0.25, 0.3) is 5.91 Å². The van der Waals surface area contributed by atoms with Gasteiger partial charge in [-0.25, -0.2) is 0 Å². The Labute approximate surface area is 196 Å². The average Bonchev–Trinajstić information content (AvgIpc) is 3.35. The third-order valence-electron chi connectivity index (χ3n) is 6.43. The molecule has 0 saturated carbocycles. The molecular formula is C27H33N3O3. The maximum Gasteiger partial charge on any atom is 0.253 e. The topological polar surface area (TPSA) is 60.2 Å². The first-order valence-electron chi connectivity index (χ1n) is 11.8. The van der Waals surface area contributed by atoms with Crippen molar-refractivity contribution < 1.29 is 14.3 Å². The fourth-order valence-corrected chi connectivity index (χ4v) is 4.63. The molecule has 6 heteroatoms. The van der Waals surface area contributed by atoms with Crippen molar-refractivity contribution in [2.75, 3.05) is 31.1 Å². The van der Waals surface area contributed by atoms with E-state index in [1.165, 1.54) is 0 Å². The van der Waals surface area contributed by atoms with Gasteiger partial charge in [-0.3, -0.25) is 9.69 Å². The summed E-state index contributed by atoms with van der Waals surface area (Å²) in [6, 6.07) is 19.5. The van der Waals surface area contributed by atoms with Gasteiger partial charge in [0.15, 0.2) is 0 Å². The molecule has 1 N–H and O–H groups in total. The van der Waals surface area contributed by atoms with Crippen LogP contribution in [-0.4, -0.2) is 53.0 Å². The van der Waals surface area contributed by atoms with Crippen LogP contribution in [0.5, 0.6) is 5.75 Å². The molecule has 1 aliphatic rings. The van der Waals surface area contributed by atoms with Crippen molar-refractivity contribution >= 4 is 17.3 Å². The minimum Gasteiger partial charge on any atom is -0.508 e. The molecule has 1 fully saturated rings. The van der Waals surface area contributed by atoms with Gasteiger partial charge in [-0.1, -0.05) is 6.07 Å². The average molecular weight is 448 g/mol. The van der Waals surface area contributed by atoms with Crippen LogP contribution in [0.1, 0.15) is 42.8 Å². The summed E-state index contributed by atoms with van der Waals surface area (Å²) < 4.78 is 5.51. The number of phenols is 1. The molecule has 1 saturated heterocycles. The summed E-state index contributed by atoms with van der Waals surface area (Å²) in [5, 5.41) is 10.1. The summed E-state index contributed by atoms with van der Waals surface area (Å²) in [6.07, 6.45) is 3.72. The van der Waals surface area contributed by atoms with Gasteiger partial charge < -0.3 is 19.3 Å². The van der Waals surface area contributed by atoms with Crippen LogP contribution < -0.4 is 4.90 Å². The molecule has 4 rings (SSSR count). The van der Waals surface area contributed by atoms with E-state index in [1.54, 1.807) is 12.3 Å². The van der Waals surface area contributed by atoms with Crippen molar-refractivity contribution in [1.29, 1.82) is 0 Å². The van der Waals surface area contributed by atoms with E-state index in [2.05, 4.69) is 9.80 Å². The number of anilines is 2. The molecule has 0 atom stereocenters. The second-order valence-corrected chi connectivity index (χ2v) is 8.50. The van der Waals surface area contributed by atoms with E-state index < -0.39 is 0 Å². The molecule has 6 nitrogen and oxygen atoms in total. The number of nitrogens with zero attached hydrogens (tertiary/aromatic N) is 3. The number of benzene rings is 2. The van der Waals surface area contributed by atoms with Crippen LogP contribution in [0.2, 0.25) is 0 Å². The van der Waals surface area contributed by atoms with E-state index in [0.29, 0.717) is 24.7 Å². The first kappa shape index (κ1) is 22.9. The summed E-state index contributed by atoms with van der Waals surface area (Å²) in [5.41, 5.74) is 2.69. The quantitative estimate of drug-likeness (QED) is 0.510. The highest BCUT2D eigenvalue weighted by molar-refractivity contribution is 5.94. The Bertz CT molecular complexity index is 1020. The minimum absolute atomic E-state index is 0.0571. The highest BCUT2D eigenvalue weighted by atomic mass is 16.3. The van der Waals surface area contributed by atoms with Crippen molar-refractivity contribution in [3.8, 4) is 5.75 Å². The molecule has 1 amide bonds. The highest BCUT2D eigenvalue weighted by Crippen LogP contribution is 2.34. The van der Waals surface area contributed by atoms with Crippen LogP contribution in [0.3, 0.4) is 0 Å². The lowest BCUT2D eigenvalue weighted by Crippen LogP contribution is -2.42. The first-order chi connectivity index (χ1) is 16.1. The lowest BCUT2D eigenvalue weighted by Gasteiger charge is -2.39. The molecule has 1 aliphatic heterocycles. The Kier molecular flexibility index (Phi) is 7.35. The predicted octanol–water partition coefficient (Wildman–Crippen LogP) is 5.27. The third kappa shape index (κ3) is 5.40. The first-order valence-corrected chi connectivity index (χ1v) is 11.8. The Hall–Kier alpha value is -3.25. The zero-order valence-corrected chi connectivity index (χ0v) is 19.5. The maximum absolute atomic E-state index is 12.7. The summed E-state index contributed by atoms with van der Waals surface area (Å²) in [6.45, 7) is 8.16. The van der Waals surface area contributed by atoms with E-state index >= 15 is 0 Å². The highest BCUT2D eigenvalue weighted by Gasteiger charge is 2.27. The molecule has 0 spiro atoms. The van der Waals surface area contributed by atoms with E-state index in [-0.39, 0.29) is 11.7 Å². The lowest BCUT2D eigenvalue weighted by molar-refractivity contribution is 0.0773. The number of amides is 1. The Morgan fingerprint density at radius 1 is 1.00 bits per heavy atom. The molecule has 1 aromatic heterocycles. The zero-order valence-electron chi connectivity index (χ0n) is 19.5. The van der Waals surface area contributed by atoms with Gasteiger partial charge in [0.2, 0.25) is 0 Å². The smallest absolute Gasteiger partial charge is 0.253 e. The van der Waals surface area contributed by atoms with Gasteiger partial charge in [-0.15, -0.1) is 0 Å². The van der Waals surface area contributed by atoms with Crippen molar-refractivity contribution in [1.82, 2.24) is 9.80 Å². The van der Waals surface area contributed by atoms with Gasteiger partial charge in [-0.2, -0.15) is 0 Å². The van der Waals surface area contributed by atoms with Gasteiger partial charge in [0, 0.05) is 55.2 Å². The molecule has 33 heavy (non-hydrogen) atoms. The van der Waals surface area contributed by atoms with E-state index in [0.717, 1.165) is 49.6 Å². The van der Waals surface area contributed by atoms with Crippen molar-refractivity contribution in [2.45, 2.75) is 39.3 Å². The predicted molar refractivity (Wildman–Crippen MR) is 131 cm³/mol. The van der Waals surface area contributed by atoms with Crippen LogP contribution >= 0.6 is 0 Å². The number of aromatic hydroxyl groups is 1. The number of carbonyl (C=O) groups is 1. The number of phenolic OH excluding ortho intramolecular Hbond substituents is 1. The monoisotopic (exact) mass is 447 g/mol. The van der Waals surface area contributed by atoms with Crippen LogP contribution in [-0.2, 0) is 6.54 Å². The number of rotatable bonds is 8. The molecule has 0 aliphatic carbocycles. The van der Waals surface area contributed by atoms with Gasteiger partial charge in [-0.05, 0) is 75.2 Å². The Morgan fingerprint density at radius 2 is 1.73 bits per heavy atom. The number of hydrogen-bond donors (Lipinski definition) is 1. The second-order valence-electron chi connectivity index (χ2n) is 8.50. The molecular weight excluding hydrogens is 414 g/mol. The van der Waals surface area contributed by atoms with Crippen molar-refractivity contribution in [3.05, 3.63) is 78.3 Å². The molecule has 174 valence electrons. The van der Waals surface area contributed by atoms with Crippen LogP contribution in [0, 0.1) is 0 Å². The van der Waals surface area contributed by atoms with E-state index in [1.807, 2.05) is 73.3 Å². The lowest BCUT2D eigenvalue weighted by atomic mass is 10.0. The van der Waals surface area contributed by atoms with E-state index in [4.69, 9.17) is 4.42 Å². The van der Waals surface area contributed by atoms with Crippen LogP contribution in [0.25, 0.3) is 0 Å².